The van der Waals surface area contributed by atoms with Crippen LogP contribution in [0.5, 0.6) is 11.5 Å². The van der Waals surface area contributed by atoms with Crippen LogP contribution in [-0.4, -0.2) is 34.9 Å². The van der Waals surface area contributed by atoms with E-state index in [1.165, 1.54) is 0 Å². The Morgan fingerprint density at radius 3 is 2.77 bits per heavy atom. The number of aromatic nitrogens is 1. The lowest BCUT2D eigenvalue weighted by atomic mass is 9.91. The standard InChI is InChI=1S/C22H18ClN3O4S/c1-22(14-4-6-17-18(8-14)30-11-29-17)20(27)26(21(28)25-22)10-13-7-12-3-5-15(31-2)9-16(12)24-19(13)23/h3-9H,10-11H2,1-2H3,(H,25,28)/t22-/m0/s1. The summed E-state index contributed by atoms with van der Waals surface area (Å²) in [6.45, 7) is 1.83. The molecule has 0 spiro atoms. The Morgan fingerprint density at radius 2 is 1.97 bits per heavy atom. The normalized spacial score (nSPS) is 19.9. The van der Waals surface area contributed by atoms with E-state index in [1.54, 1.807) is 36.9 Å². The highest BCUT2D eigenvalue weighted by atomic mass is 35.5. The van der Waals surface area contributed by atoms with Crippen LogP contribution in [0.15, 0.2) is 47.4 Å². The summed E-state index contributed by atoms with van der Waals surface area (Å²) in [5.74, 6) is 0.787. The van der Waals surface area contributed by atoms with Gasteiger partial charge >= 0.3 is 6.03 Å². The summed E-state index contributed by atoms with van der Waals surface area (Å²) in [7, 11) is 0. The molecule has 31 heavy (non-hydrogen) atoms. The number of nitrogens with one attached hydrogen (secondary N) is 1. The lowest BCUT2D eigenvalue weighted by Crippen LogP contribution is -2.40. The number of thioether (sulfide) groups is 1. The number of ether oxygens (including phenoxy) is 2. The molecule has 0 aliphatic carbocycles. The molecule has 0 bridgehead atoms. The van der Waals surface area contributed by atoms with Crippen molar-refractivity contribution in [3.05, 3.63) is 58.7 Å². The Morgan fingerprint density at radius 1 is 1.16 bits per heavy atom. The maximum Gasteiger partial charge on any atom is 0.325 e. The molecule has 3 amide bonds. The number of pyridine rings is 1. The van der Waals surface area contributed by atoms with Gasteiger partial charge in [-0.1, -0.05) is 23.7 Å². The third kappa shape index (κ3) is 3.26. The number of fused-ring (bicyclic) bond motifs is 2. The molecule has 1 N–H and O–H groups in total. The lowest BCUT2D eigenvalue weighted by Gasteiger charge is -2.22. The lowest BCUT2D eigenvalue weighted by molar-refractivity contribution is -0.131. The first-order valence-corrected chi connectivity index (χ1v) is 11.2. The third-order valence-corrected chi connectivity index (χ3v) is 6.66. The number of imide groups is 1. The molecule has 3 heterocycles. The van der Waals surface area contributed by atoms with Gasteiger partial charge in [0.25, 0.3) is 5.91 Å². The van der Waals surface area contributed by atoms with Gasteiger partial charge in [-0.2, -0.15) is 0 Å². The van der Waals surface area contributed by atoms with Crippen LogP contribution >= 0.6 is 23.4 Å². The van der Waals surface area contributed by atoms with Crippen LogP contribution in [0.1, 0.15) is 18.1 Å². The summed E-state index contributed by atoms with van der Waals surface area (Å²) >= 11 is 8.03. The van der Waals surface area contributed by atoms with Crippen molar-refractivity contribution in [3.63, 3.8) is 0 Å². The molecule has 0 radical (unpaired) electrons. The number of nitrogens with zero attached hydrogens (tertiary/aromatic N) is 2. The predicted molar refractivity (Wildman–Crippen MR) is 118 cm³/mol. The molecule has 1 aromatic heterocycles. The molecule has 1 saturated heterocycles. The molecule has 7 nitrogen and oxygen atoms in total. The van der Waals surface area contributed by atoms with Crippen LogP contribution in [0.2, 0.25) is 5.15 Å². The van der Waals surface area contributed by atoms with Crippen LogP contribution in [0, 0.1) is 0 Å². The van der Waals surface area contributed by atoms with E-state index in [4.69, 9.17) is 21.1 Å². The second-order valence-electron chi connectivity index (χ2n) is 7.51. The number of amides is 3. The maximum absolute atomic E-state index is 13.3. The summed E-state index contributed by atoms with van der Waals surface area (Å²) in [6.07, 6.45) is 1.99. The van der Waals surface area contributed by atoms with Crippen molar-refractivity contribution in [3.8, 4) is 11.5 Å². The van der Waals surface area contributed by atoms with E-state index in [1.807, 2.05) is 30.5 Å². The van der Waals surface area contributed by atoms with Gasteiger partial charge in [-0.25, -0.2) is 9.78 Å². The van der Waals surface area contributed by atoms with Crippen molar-refractivity contribution in [2.75, 3.05) is 13.0 Å². The molecular formula is C22H18ClN3O4S. The van der Waals surface area contributed by atoms with Crippen LogP contribution in [0.25, 0.3) is 10.9 Å². The third-order valence-electron chi connectivity index (χ3n) is 5.60. The van der Waals surface area contributed by atoms with Gasteiger partial charge in [0, 0.05) is 15.8 Å². The highest BCUT2D eigenvalue weighted by molar-refractivity contribution is 7.98. The summed E-state index contributed by atoms with van der Waals surface area (Å²) in [5, 5.41) is 3.96. The minimum atomic E-state index is -1.22. The second kappa shape index (κ2) is 7.32. The molecule has 2 aliphatic heterocycles. The fourth-order valence-electron chi connectivity index (χ4n) is 3.82. The predicted octanol–water partition coefficient (Wildman–Crippen LogP) is 4.31. The van der Waals surface area contributed by atoms with Gasteiger partial charge in [-0.3, -0.25) is 9.69 Å². The van der Waals surface area contributed by atoms with Gasteiger partial charge in [0.05, 0.1) is 12.1 Å². The summed E-state index contributed by atoms with van der Waals surface area (Å²) in [6, 6.07) is 12.5. The van der Waals surface area contributed by atoms with E-state index in [0.717, 1.165) is 20.7 Å². The Hall–Kier alpha value is -2.97. The molecular weight excluding hydrogens is 438 g/mol. The molecule has 2 aromatic carbocycles. The number of carbonyl (C=O) groups excluding carboxylic acids is 2. The summed E-state index contributed by atoms with van der Waals surface area (Å²) in [4.78, 5) is 32.8. The number of rotatable bonds is 4. The van der Waals surface area contributed by atoms with E-state index < -0.39 is 11.6 Å². The number of halogens is 1. The number of carbonyl (C=O) groups is 2. The minimum absolute atomic E-state index is 0.0247. The van der Waals surface area contributed by atoms with Crippen LogP contribution in [-0.2, 0) is 16.9 Å². The number of benzene rings is 2. The van der Waals surface area contributed by atoms with Crippen molar-refractivity contribution < 1.29 is 19.1 Å². The van der Waals surface area contributed by atoms with Crippen molar-refractivity contribution in [1.82, 2.24) is 15.2 Å². The van der Waals surface area contributed by atoms with Gasteiger partial charge in [-0.05, 0) is 49.1 Å². The quantitative estimate of drug-likeness (QED) is 0.359. The minimum Gasteiger partial charge on any atom is -0.454 e. The number of hydrogen-bond acceptors (Lipinski definition) is 6. The van der Waals surface area contributed by atoms with Crippen molar-refractivity contribution in [2.45, 2.75) is 23.9 Å². The van der Waals surface area contributed by atoms with E-state index >= 15 is 0 Å². The highest BCUT2D eigenvalue weighted by Gasteiger charge is 2.49. The Bertz CT molecular complexity index is 1250. The fraction of sp³-hybridized carbons (Fsp3) is 0.227. The highest BCUT2D eigenvalue weighted by Crippen LogP contribution is 2.38. The average molecular weight is 456 g/mol. The molecule has 9 heteroatoms. The molecule has 1 atom stereocenters. The zero-order valence-corrected chi connectivity index (χ0v) is 18.3. The Balaban J connectivity index is 1.45. The summed E-state index contributed by atoms with van der Waals surface area (Å²) in [5.41, 5.74) is 0.764. The van der Waals surface area contributed by atoms with Gasteiger partial charge in [0.2, 0.25) is 6.79 Å². The Kier molecular flexibility index (Phi) is 4.71. The molecule has 5 rings (SSSR count). The fourth-order valence-corrected chi connectivity index (χ4v) is 4.46. The first-order chi connectivity index (χ1) is 14.9. The van der Waals surface area contributed by atoms with Crippen LogP contribution in [0.4, 0.5) is 4.79 Å². The van der Waals surface area contributed by atoms with Crippen LogP contribution in [0.3, 0.4) is 0 Å². The largest absolute Gasteiger partial charge is 0.454 e. The molecule has 0 saturated carbocycles. The SMILES string of the molecule is CSc1ccc2cc(CN3C(=O)N[C@@](C)(c4ccc5c(c4)OCO5)C3=O)c(Cl)nc2c1. The topological polar surface area (TPSA) is 80.8 Å². The monoisotopic (exact) mass is 455 g/mol. The first-order valence-electron chi connectivity index (χ1n) is 9.56. The number of urea groups is 1. The maximum atomic E-state index is 13.3. The van der Waals surface area contributed by atoms with E-state index in [9.17, 15) is 9.59 Å². The van der Waals surface area contributed by atoms with Crippen LogP contribution < -0.4 is 14.8 Å². The van der Waals surface area contributed by atoms with Crippen molar-refractivity contribution in [2.24, 2.45) is 0 Å². The Labute approximate surface area is 187 Å². The van der Waals surface area contributed by atoms with E-state index in [2.05, 4.69) is 10.3 Å². The van der Waals surface area contributed by atoms with Gasteiger partial charge in [0.1, 0.15) is 10.7 Å². The van der Waals surface area contributed by atoms with Gasteiger partial charge in [-0.15, -0.1) is 11.8 Å². The smallest absolute Gasteiger partial charge is 0.325 e. The number of hydrogen-bond donors (Lipinski definition) is 1. The summed E-state index contributed by atoms with van der Waals surface area (Å²) < 4.78 is 10.7. The molecule has 0 unspecified atom stereocenters. The molecule has 3 aromatic rings. The van der Waals surface area contributed by atoms with E-state index in [0.29, 0.717) is 22.6 Å². The van der Waals surface area contributed by atoms with Crippen molar-refractivity contribution >= 4 is 46.2 Å². The zero-order valence-electron chi connectivity index (χ0n) is 16.8. The first kappa shape index (κ1) is 20.0. The van der Waals surface area contributed by atoms with Gasteiger partial charge < -0.3 is 14.8 Å². The molecule has 1 fully saturated rings. The molecule has 2 aliphatic rings. The molecule has 158 valence electrons. The second-order valence-corrected chi connectivity index (χ2v) is 8.75. The van der Waals surface area contributed by atoms with E-state index in [-0.39, 0.29) is 24.4 Å². The zero-order chi connectivity index (χ0) is 21.8. The van der Waals surface area contributed by atoms with Crippen molar-refractivity contribution in [1.29, 1.82) is 0 Å². The van der Waals surface area contributed by atoms with Gasteiger partial charge in [0.15, 0.2) is 11.5 Å². The average Bonchev–Trinajstić information content (AvgIpc) is 3.32.